The molecule has 96 valence electrons. The van der Waals surface area contributed by atoms with Crippen LogP contribution in [0, 0.1) is 0 Å². The Morgan fingerprint density at radius 1 is 1.28 bits per heavy atom. The van der Waals surface area contributed by atoms with E-state index in [1.165, 1.54) is 0 Å². The van der Waals surface area contributed by atoms with E-state index >= 15 is 0 Å². The zero-order chi connectivity index (χ0) is 13.0. The molecular formula is C13H15NO4. The minimum Gasteiger partial charge on any atom is -0.490 e. The summed E-state index contributed by atoms with van der Waals surface area (Å²) in [7, 11) is 0. The average Bonchev–Trinajstić information content (AvgIpc) is 2.37. The first kappa shape index (κ1) is 12.4. The fraction of sp³-hybridized carbons (Fsp3) is 0.385. The summed E-state index contributed by atoms with van der Waals surface area (Å²) in [5.41, 5.74) is 0.768. The molecule has 18 heavy (non-hydrogen) atoms. The van der Waals surface area contributed by atoms with E-state index in [0.717, 1.165) is 5.69 Å². The van der Waals surface area contributed by atoms with E-state index in [2.05, 4.69) is 0 Å². The smallest absolute Gasteiger partial charge is 0.303 e. The third kappa shape index (κ3) is 2.80. The molecule has 1 N–H and O–H groups in total. The zero-order valence-corrected chi connectivity index (χ0v) is 9.96. The van der Waals surface area contributed by atoms with E-state index in [9.17, 15) is 9.59 Å². The first-order valence-electron chi connectivity index (χ1n) is 5.92. The van der Waals surface area contributed by atoms with Crippen molar-refractivity contribution in [2.24, 2.45) is 0 Å². The number of hydrogen-bond acceptors (Lipinski definition) is 3. The maximum absolute atomic E-state index is 12.0. The van der Waals surface area contributed by atoms with Crippen molar-refractivity contribution in [2.45, 2.75) is 19.3 Å². The quantitative estimate of drug-likeness (QED) is 0.881. The van der Waals surface area contributed by atoms with Gasteiger partial charge in [0.1, 0.15) is 12.4 Å². The number of para-hydroxylation sites is 2. The predicted octanol–water partition coefficient (Wildman–Crippen LogP) is 1.67. The lowest BCUT2D eigenvalue weighted by molar-refractivity contribution is -0.137. The van der Waals surface area contributed by atoms with Gasteiger partial charge in [-0.1, -0.05) is 12.1 Å². The van der Waals surface area contributed by atoms with Crippen LogP contribution in [0.2, 0.25) is 0 Å². The molecule has 0 aliphatic carbocycles. The Kier molecular flexibility index (Phi) is 3.82. The molecule has 1 aromatic rings. The van der Waals surface area contributed by atoms with Gasteiger partial charge in [0.2, 0.25) is 5.91 Å². The molecule has 1 aliphatic rings. The topological polar surface area (TPSA) is 66.8 Å². The Morgan fingerprint density at radius 3 is 2.83 bits per heavy atom. The van der Waals surface area contributed by atoms with E-state index < -0.39 is 5.97 Å². The molecule has 0 fully saturated rings. The number of rotatable bonds is 4. The second-order valence-corrected chi connectivity index (χ2v) is 4.11. The third-order valence-corrected chi connectivity index (χ3v) is 2.81. The molecule has 0 bridgehead atoms. The van der Waals surface area contributed by atoms with E-state index in [-0.39, 0.29) is 18.7 Å². The van der Waals surface area contributed by atoms with Crippen LogP contribution in [0.3, 0.4) is 0 Å². The Hall–Kier alpha value is -2.04. The van der Waals surface area contributed by atoms with Crippen LogP contribution in [0.25, 0.3) is 0 Å². The van der Waals surface area contributed by atoms with Gasteiger partial charge in [0.15, 0.2) is 0 Å². The zero-order valence-electron chi connectivity index (χ0n) is 9.96. The highest BCUT2D eigenvalue weighted by molar-refractivity contribution is 5.95. The molecule has 5 nitrogen and oxygen atoms in total. The Labute approximate surface area is 105 Å². The second kappa shape index (κ2) is 5.53. The summed E-state index contributed by atoms with van der Waals surface area (Å²) in [6.07, 6.45) is 0.645. The highest BCUT2D eigenvalue weighted by Gasteiger charge is 2.22. The molecule has 1 aliphatic heterocycles. The number of nitrogens with zero attached hydrogens (tertiary/aromatic N) is 1. The number of carboxylic acid groups (broad SMARTS) is 1. The van der Waals surface area contributed by atoms with Crippen molar-refractivity contribution in [3.8, 4) is 5.75 Å². The van der Waals surface area contributed by atoms with Crippen molar-refractivity contribution in [3.63, 3.8) is 0 Å². The monoisotopic (exact) mass is 249 g/mol. The number of aliphatic carboxylic acids is 1. The lowest BCUT2D eigenvalue weighted by Crippen LogP contribution is -2.37. The molecule has 5 heteroatoms. The van der Waals surface area contributed by atoms with Gasteiger partial charge in [-0.25, -0.2) is 0 Å². The van der Waals surface area contributed by atoms with E-state index in [0.29, 0.717) is 25.3 Å². The molecular weight excluding hydrogens is 234 g/mol. The molecule has 2 rings (SSSR count). The maximum Gasteiger partial charge on any atom is 0.303 e. The van der Waals surface area contributed by atoms with Gasteiger partial charge in [0, 0.05) is 12.8 Å². The third-order valence-electron chi connectivity index (χ3n) is 2.81. The molecule has 0 radical (unpaired) electrons. The number of anilines is 1. The second-order valence-electron chi connectivity index (χ2n) is 4.11. The molecule has 0 spiro atoms. The van der Waals surface area contributed by atoms with Gasteiger partial charge in [-0.2, -0.15) is 0 Å². The van der Waals surface area contributed by atoms with Crippen LogP contribution in [0.15, 0.2) is 24.3 Å². The number of carbonyl (C=O) groups is 2. The molecule has 0 atom stereocenters. The van der Waals surface area contributed by atoms with Crippen LogP contribution in [-0.2, 0) is 9.59 Å². The van der Waals surface area contributed by atoms with Gasteiger partial charge >= 0.3 is 5.97 Å². The molecule has 1 heterocycles. The SMILES string of the molecule is O=C(O)CCCC(=O)N1CCOc2ccccc21. The summed E-state index contributed by atoms with van der Waals surface area (Å²) in [5, 5.41) is 8.55. The Morgan fingerprint density at radius 2 is 2.06 bits per heavy atom. The number of hydrogen-bond donors (Lipinski definition) is 1. The van der Waals surface area contributed by atoms with E-state index in [4.69, 9.17) is 9.84 Å². The number of ether oxygens (including phenoxy) is 1. The van der Waals surface area contributed by atoms with Gasteiger partial charge in [0.05, 0.1) is 12.2 Å². The van der Waals surface area contributed by atoms with E-state index in [1.54, 1.807) is 4.90 Å². The van der Waals surface area contributed by atoms with Crippen molar-refractivity contribution in [1.29, 1.82) is 0 Å². The lowest BCUT2D eigenvalue weighted by atomic mass is 10.2. The minimum absolute atomic E-state index is 0.0255. The summed E-state index contributed by atoms with van der Waals surface area (Å²) < 4.78 is 5.46. The molecule has 1 aromatic carbocycles. The van der Waals surface area contributed by atoms with Gasteiger partial charge in [0.25, 0.3) is 0 Å². The fourth-order valence-electron chi connectivity index (χ4n) is 1.95. The first-order chi connectivity index (χ1) is 8.68. The summed E-state index contributed by atoms with van der Waals surface area (Å²) >= 11 is 0. The highest BCUT2D eigenvalue weighted by Crippen LogP contribution is 2.31. The van der Waals surface area contributed by atoms with Gasteiger partial charge in [-0.3, -0.25) is 9.59 Å². The summed E-state index contributed by atoms with van der Waals surface area (Å²) in [5.74, 6) is -0.215. The van der Waals surface area contributed by atoms with E-state index in [1.807, 2.05) is 24.3 Å². The van der Waals surface area contributed by atoms with Crippen molar-refractivity contribution in [2.75, 3.05) is 18.1 Å². The average molecular weight is 249 g/mol. The predicted molar refractivity (Wildman–Crippen MR) is 65.8 cm³/mol. The molecule has 0 saturated carbocycles. The molecule has 0 unspecified atom stereocenters. The largest absolute Gasteiger partial charge is 0.490 e. The Bertz CT molecular complexity index is 458. The van der Waals surface area contributed by atoms with Crippen LogP contribution in [0.1, 0.15) is 19.3 Å². The summed E-state index contributed by atoms with van der Waals surface area (Å²) in [6, 6.07) is 7.37. The Balaban J connectivity index is 2.01. The maximum atomic E-state index is 12.0. The van der Waals surface area contributed by atoms with Crippen LogP contribution in [0.4, 0.5) is 5.69 Å². The normalized spacial score (nSPS) is 13.7. The van der Waals surface area contributed by atoms with Crippen LogP contribution >= 0.6 is 0 Å². The van der Waals surface area contributed by atoms with Crippen LogP contribution in [-0.4, -0.2) is 30.1 Å². The molecule has 0 aromatic heterocycles. The lowest BCUT2D eigenvalue weighted by Gasteiger charge is -2.29. The molecule has 1 amide bonds. The van der Waals surface area contributed by atoms with Crippen LogP contribution < -0.4 is 9.64 Å². The fourth-order valence-corrected chi connectivity index (χ4v) is 1.95. The summed E-state index contributed by atoms with van der Waals surface area (Å²) in [4.78, 5) is 24.1. The number of carboxylic acids is 1. The number of carbonyl (C=O) groups excluding carboxylic acids is 1. The van der Waals surface area contributed by atoms with Gasteiger partial charge in [-0.15, -0.1) is 0 Å². The first-order valence-corrected chi connectivity index (χ1v) is 5.92. The van der Waals surface area contributed by atoms with Crippen molar-refractivity contribution in [3.05, 3.63) is 24.3 Å². The van der Waals surface area contributed by atoms with Crippen molar-refractivity contribution >= 4 is 17.6 Å². The van der Waals surface area contributed by atoms with Crippen molar-refractivity contribution in [1.82, 2.24) is 0 Å². The van der Waals surface area contributed by atoms with Gasteiger partial charge < -0.3 is 14.7 Å². The highest BCUT2D eigenvalue weighted by atomic mass is 16.5. The van der Waals surface area contributed by atoms with Crippen molar-refractivity contribution < 1.29 is 19.4 Å². The number of fused-ring (bicyclic) bond motifs is 1. The number of amides is 1. The van der Waals surface area contributed by atoms with Crippen LogP contribution in [0.5, 0.6) is 5.75 Å². The molecule has 0 saturated heterocycles. The number of benzene rings is 1. The van der Waals surface area contributed by atoms with Gasteiger partial charge in [-0.05, 0) is 18.6 Å². The minimum atomic E-state index is -0.870. The summed E-state index contributed by atoms with van der Waals surface area (Å²) in [6.45, 7) is 0.991. The standard InChI is InChI=1S/C13H15NO4/c15-12(6-3-7-13(16)17)14-8-9-18-11-5-2-1-4-10(11)14/h1-2,4-5H,3,6-9H2,(H,16,17).